The van der Waals surface area contributed by atoms with Crippen LogP contribution in [0.1, 0.15) is 10.4 Å². The number of carbonyl (C=O) groups is 1. The number of hydrogen-bond acceptors (Lipinski definition) is 3. The predicted molar refractivity (Wildman–Crippen MR) is 76.6 cm³/mol. The van der Waals surface area contributed by atoms with Crippen LogP contribution in [0.3, 0.4) is 0 Å². The van der Waals surface area contributed by atoms with Crippen LogP contribution in [0.25, 0.3) is 0 Å². The summed E-state index contributed by atoms with van der Waals surface area (Å²) in [7, 11) is 0. The molecule has 0 saturated heterocycles. The van der Waals surface area contributed by atoms with Crippen LogP contribution in [0.15, 0.2) is 36.4 Å². The fraction of sp³-hybridized carbons (Fsp3) is 0.188. The van der Waals surface area contributed by atoms with E-state index >= 15 is 0 Å². The number of benzene rings is 2. The van der Waals surface area contributed by atoms with Gasteiger partial charge in [-0.05, 0) is 36.4 Å². The first-order chi connectivity index (χ1) is 11.4. The van der Waals surface area contributed by atoms with Crippen molar-refractivity contribution in [3.8, 4) is 5.75 Å². The molecule has 128 valence electrons. The zero-order valence-electron chi connectivity index (χ0n) is 12.2. The molecule has 24 heavy (non-hydrogen) atoms. The zero-order chi connectivity index (χ0) is 17.7. The van der Waals surface area contributed by atoms with Gasteiger partial charge in [0.1, 0.15) is 24.3 Å². The van der Waals surface area contributed by atoms with Crippen molar-refractivity contribution in [3.05, 3.63) is 65.2 Å². The van der Waals surface area contributed by atoms with Gasteiger partial charge in [-0.1, -0.05) is 0 Å². The molecule has 1 unspecified atom stereocenters. The standard InChI is InChI=1S/C16H13F4NO3/c17-9-1-3-11(4-2-9)24-8-10(22)7-21-16(23)12-5-6-13(18)15(20)14(12)19/h1-6,10,22H,7-8H2,(H,21,23). The summed E-state index contributed by atoms with van der Waals surface area (Å²) in [5, 5.41) is 11.9. The SMILES string of the molecule is O=C(NCC(O)COc1ccc(F)cc1)c1ccc(F)c(F)c1F. The van der Waals surface area contributed by atoms with Crippen molar-refractivity contribution in [1.29, 1.82) is 0 Å². The molecule has 0 spiro atoms. The second-order valence-electron chi connectivity index (χ2n) is 4.85. The number of halogens is 4. The highest BCUT2D eigenvalue weighted by Crippen LogP contribution is 2.15. The van der Waals surface area contributed by atoms with E-state index in [1.807, 2.05) is 0 Å². The van der Waals surface area contributed by atoms with Gasteiger partial charge in [-0.15, -0.1) is 0 Å². The summed E-state index contributed by atoms with van der Waals surface area (Å²) in [6.45, 7) is -0.523. The molecule has 2 aromatic carbocycles. The van der Waals surface area contributed by atoms with E-state index in [0.29, 0.717) is 11.8 Å². The molecular formula is C16H13F4NO3. The second-order valence-corrected chi connectivity index (χ2v) is 4.85. The zero-order valence-corrected chi connectivity index (χ0v) is 12.2. The predicted octanol–water partition coefficient (Wildman–Crippen LogP) is 2.41. The third-order valence-corrected chi connectivity index (χ3v) is 3.03. The Morgan fingerprint density at radius 2 is 1.71 bits per heavy atom. The normalized spacial score (nSPS) is 11.9. The minimum Gasteiger partial charge on any atom is -0.491 e. The molecule has 0 aliphatic heterocycles. The maximum atomic E-state index is 13.4. The number of rotatable bonds is 6. The Bertz CT molecular complexity index is 722. The van der Waals surface area contributed by atoms with E-state index in [1.54, 1.807) is 0 Å². The highest BCUT2D eigenvalue weighted by molar-refractivity contribution is 5.94. The van der Waals surface area contributed by atoms with Crippen molar-refractivity contribution in [2.75, 3.05) is 13.2 Å². The first-order valence-electron chi connectivity index (χ1n) is 6.86. The molecule has 4 nitrogen and oxygen atoms in total. The summed E-state index contributed by atoms with van der Waals surface area (Å²) in [5.74, 6) is -5.89. The summed E-state index contributed by atoms with van der Waals surface area (Å²) in [5.41, 5.74) is -0.680. The maximum absolute atomic E-state index is 13.4. The quantitative estimate of drug-likeness (QED) is 0.626. The summed E-state index contributed by atoms with van der Waals surface area (Å²) in [4.78, 5) is 11.7. The number of ether oxygens (including phenoxy) is 1. The van der Waals surface area contributed by atoms with Gasteiger partial charge in [0.15, 0.2) is 17.5 Å². The molecule has 2 N–H and O–H groups in total. The molecule has 0 bridgehead atoms. The number of hydrogen-bond donors (Lipinski definition) is 2. The lowest BCUT2D eigenvalue weighted by Crippen LogP contribution is -2.35. The van der Waals surface area contributed by atoms with Crippen molar-refractivity contribution in [2.24, 2.45) is 0 Å². The molecule has 0 heterocycles. The number of aliphatic hydroxyl groups excluding tert-OH is 1. The Balaban J connectivity index is 1.85. The van der Waals surface area contributed by atoms with Crippen LogP contribution in [0.5, 0.6) is 5.75 Å². The lowest BCUT2D eigenvalue weighted by atomic mass is 10.2. The van der Waals surface area contributed by atoms with Gasteiger partial charge >= 0.3 is 0 Å². The van der Waals surface area contributed by atoms with Gasteiger partial charge in [-0.3, -0.25) is 4.79 Å². The molecular weight excluding hydrogens is 330 g/mol. The van der Waals surface area contributed by atoms with Gasteiger partial charge in [0, 0.05) is 6.54 Å². The lowest BCUT2D eigenvalue weighted by molar-refractivity contribution is 0.0839. The Labute approximate surface area is 134 Å². The molecule has 0 aliphatic carbocycles. The van der Waals surface area contributed by atoms with E-state index in [-0.39, 0.29) is 13.2 Å². The van der Waals surface area contributed by atoms with Crippen molar-refractivity contribution in [3.63, 3.8) is 0 Å². The number of amides is 1. The van der Waals surface area contributed by atoms with E-state index in [4.69, 9.17) is 4.74 Å². The van der Waals surface area contributed by atoms with Gasteiger partial charge in [-0.25, -0.2) is 17.6 Å². The molecule has 2 rings (SSSR count). The minimum absolute atomic E-state index is 0.216. The van der Waals surface area contributed by atoms with Crippen LogP contribution >= 0.6 is 0 Å². The molecule has 1 atom stereocenters. The monoisotopic (exact) mass is 343 g/mol. The molecule has 8 heteroatoms. The van der Waals surface area contributed by atoms with Gasteiger partial charge in [-0.2, -0.15) is 0 Å². The van der Waals surface area contributed by atoms with Crippen molar-refractivity contribution in [2.45, 2.75) is 6.10 Å². The van der Waals surface area contributed by atoms with Crippen molar-refractivity contribution < 1.29 is 32.2 Å². The number of aliphatic hydroxyl groups is 1. The highest BCUT2D eigenvalue weighted by Gasteiger charge is 2.19. The molecule has 0 aliphatic rings. The van der Waals surface area contributed by atoms with Gasteiger partial charge in [0.05, 0.1) is 5.56 Å². The molecule has 0 saturated carbocycles. The van der Waals surface area contributed by atoms with Crippen LogP contribution in [0, 0.1) is 23.3 Å². The summed E-state index contributed by atoms with van der Waals surface area (Å²) >= 11 is 0. The minimum atomic E-state index is -1.75. The Morgan fingerprint density at radius 1 is 1.04 bits per heavy atom. The Kier molecular flexibility index (Phi) is 5.75. The van der Waals surface area contributed by atoms with Crippen LogP contribution in [0.4, 0.5) is 17.6 Å². The topological polar surface area (TPSA) is 58.6 Å². The van der Waals surface area contributed by atoms with E-state index in [2.05, 4.69) is 5.32 Å². The van der Waals surface area contributed by atoms with Gasteiger partial charge < -0.3 is 15.2 Å². The lowest BCUT2D eigenvalue weighted by Gasteiger charge is -2.13. The third-order valence-electron chi connectivity index (χ3n) is 3.03. The van der Waals surface area contributed by atoms with Gasteiger partial charge in [0.2, 0.25) is 0 Å². The number of carbonyl (C=O) groups excluding carboxylic acids is 1. The third kappa shape index (κ3) is 4.45. The number of nitrogens with one attached hydrogen (secondary N) is 1. The fourth-order valence-electron chi connectivity index (χ4n) is 1.79. The Hall–Kier alpha value is -2.61. The van der Waals surface area contributed by atoms with Crippen LogP contribution in [-0.4, -0.2) is 30.3 Å². The molecule has 0 aromatic heterocycles. The van der Waals surface area contributed by atoms with E-state index in [1.165, 1.54) is 24.3 Å². The maximum Gasteiger partial charge on any atom is 0.254 e. The van der Waals surface area contributed by atoms with Crippen molar-refractivity contribution >= 4 is 5.91 Å². The first-order valence-corrected chi connectivity index (χ1v) is 6.86. The molecule has 0 radical (unpaired) electrons. The van der Waals surface area contributed by atoms with Crippen LogP contribution in [0.2, 0.25) is 0 Å². The second kappa shape index (κ2) is 7.78. The highest BCUT2D eigenvalue weighted by atomic mass is 19.2. The first kappa shape index (κ1) is 17.7. The smallest absolute Gasteiger partial charge is 0.254 e. The summed E-state index contributed by atoms with van der Waals surface area (Å²) in [6, 6.07) is 6.49. The van der Waals surface area contributed by atoms with Crippen LogP contribution in [-0.2, 0) is 0 Å². The van der Waals surface area contributed by atoms with Gasteiger partial charge in [0.25, 0.3) is 5.91 Å². The van der Waals surface area contributed by atoms with E-state index in [0.717, 1.165) is 6.07 Å². The van der Waals surface area contributed by atoms with Crippen molar-refractivity contribution in [1.82, 2.24) is 5.32 Å². The Morgan fingerprint density at radius 3 is 2.38 bits per heavy atom. The molecule has 0 fully saturated rings. The summed E-state index contributed by atoms with van der Waals surface area (Å²) < 4.78 is 57.2. The van der Waals surface area contributed by atoms with E-state index < -0.39 is 40.8 Å². The molecule has 2 aromatic rings. The summed E-state index contributed by atoms with van der Waals surface area (Å²) in [6.07, 6.45) is -1.15. The van der Waals surface area contributed by atoms with E-state index in [9.17, 15) is 27.5 Å². The average Bonchev–Trinajstić information content (AvgIpc) is 2.57. The fourth-order valence-corrected chi connectivity index (χ4v) is 1.79. The largest absolute Gasteiger partial charge is 0.491 e. The molecule has 1 amide bonds. The average molecular weight is 343 g/mol. The van der Waals surface area contributed by atoms with Crippen LogP contribution < -0.4 is 10.1 Å².